The molecule has 1 aromatic carbocycles. The van der Waals surface area contributed by atoms with E-state index in [1.54, 1.807) is 7.05 Å². The van der Waals surface area contributed by atoms with Gasteiger partial charge in [-0.3, -0.25) is 9.79 Å². The molecule has 34 heavy (non-hydrogen) atoms. The summed E-state index contributed by atoms with van der Waals surface area (Å²) in [5.74, 6) is 1.32. The van der Waals surface area contributed by atoms with Gasteiger partial charge in [0.2, 0.25) is 5.90 Å². The highest BCUT2D eigenvalue weighted by Gasteiger charge is 2.24. The Labute approximate surface area is 207 Å². The molecule has 0 spiro atoms. The van der Waals surface area contributed by atoms with Crippen molar-refractivity contribution in [2.45, 2.75) is 79.2 Å². The summed E-state index contributed by atoms with van der Waals surface area (Å²) in [4.78, 5) is 16.6. The molecular formula is C29H44N2O3. The molecule has 5 nitrogen and oxygen atoms in total. The molecule has 1 aliphatic rings. The Morgan fingerprint density at radius 2 is 2.00 bits per heavy atom. The van der Waals surface area contributed by atoms with E-state index in [1.165, 1.54) is 5.56 Å². The predicted octanol–water partition coefficient (Wildman–Crippen LogP) is 6.89. The van der Waals surface area contributed by atoms with Crippen molar-refractivity contribution in [2.24, 2.45) is 4.99 Å². The Kier molecular flexibility index (Phi) is 13.9. The van der Waals surface area contributed by atoms with Crippen molar-refractivity contribution >= 4 is 11.8 Å². The van der Waals surface area contributed by atoms with Crippen LogP contribution in [0.3, 0.4) is 0 Å². The predicted molar refractivity (Wildman–Crippen MR) is 144 cm³/mol. The molecule has 1 saturated carbocycles. The van der Waals surface area contributed by atoms with E-state index in [0.29, 0.717) is 37.3 Å². The fraction of sp³-hybridized carbons (Fsp3) is 0.517. The maximum absolute atomic E-state index is 12.4. The van der Waals surface area contributed by atoms with Crippen LogP contribution in [0, 0.1) is 6.92 Å². The topological polar surface area (TPSA) is 59.9 Å². The number of carbonyl (C=O) groups is 1. The van der Waals surface area contributed by atoms with Crippen LogP contribution in [-0.2, 0) is 9.47 Å². The number of nitrogens with one attached hydrogen (secondary N) is 1. The molecule has 2 rings (SSSR count). The SMILES string of the molecule is C=C(OC(COCC)=NC)/C(=C/CC)C/C=C\C(C)c1cc(C(=O)NC2CC2)ccc1C.CC. The normalized spacial score (nSPS) is 14.9. The highest BCUT2D eigenvalue weighted by Crippen LogP contribution is 2.25. The highest BCUT2D eigenvalue weighted by atomic mass is 16.5. The van der Waals surface area contributed by atoms with Crippen LogP contribution in [0.4, 0.5) is 0 Å². The van der Waals surface area contributed by atoms with Crippen molar-refractivity contribution in [3.05, 3.63) is 71.0 Å². The fourth-order valence-electron chi connectivity index (χ4n) is 3.37. The van der Waals surface area contributed by atoms with Gasteiger partial charge in [-0.2, -0.15) is 0 Å². The van der Waals surface area contributed by atoms with Gasteiger partial charge >= 0.3 is 0 Å². The Hall–Kier alpha value is -2.66. The number of allylic oxidation sites excluding steroid dienone is 4. The lowest BCUT2D eigenvalue weighted by atomic mass is 9.93. The van der Waals surface area contributed by atoms with Gasteiger partial charge in [0.05, 0.1) is 0 Å². The highest BCUT2D eigenvalue weighted by molar-refractivity contribution is 5.94. The van der Waals surface area contributed by atoms with Gasteiger partial charge in [-0.25, -0.2) is 0 Å². The van der Waals surface area contributed by atoms with Crippen molar-refractivity contribution in [3.63, 3.8) is 0 Å². The Morgan fingerprint density at radius 3 is 2.59 bits per heavy atom. The molecule has 1 amide bonds. The van der Waals surface area contributed by atoms with Crippen molar-refractivity contribution in [3.8, 4) is 0 Å². The molecular weight excluding hydrogens is 424 g/mol. The monoisotopic (exact) mass is 468 g/mol. The van der Waals surface area contributed by atoms with Crippen molar-refractivity contribution < 1.29 is 14.3 Å². The number of nitrogens with zero attached hydrogens (tertiary/aromatic N) is 1. The first kappa shape index (κ1) is 29.4. The van der Waals surface area contributed by atoms with Crippen LogP contribution in [0.2, 0.25) is 0 Å². The first-order valence-electron chi connectivity index (χ1n) is 12.6. The number of rotatable bonds is 12. The van der Waals surface area contributed by atoms with Crippen LogP contribution in [0.1, 0.15) is 87.7 Å². The van der Waals surface area contributed by atoms with E-state index < -0.39 is 0 Å². The first-order valence-corrected chi connectivity index (χ1v) is 12.6. The minimum atomic E-state index is 0.0204. The number of aliphatic imine (C=N–C) groups is 1. The van der Waals surface area contributed by atoms with Gasteiger partial charge in [-0.05, 0) is 74.3 Å². The first-order chi connectivity index (χ1) is 16.4. The quantitative estimate of drug-likeness (QED) is 0.119. The maximum atomic E-state index is 12.4. The van der Waals surface area contributed by atoms with Gasteiger partial charge in [-0.15, -0.1) is 0 Å². The number of benzene rings is 1. The Balaban J connectivity index is 0.00000281. The van der Waals surface area contributed by atoms with Gasteiger partial charge < -0.3 is 14.8 Å². The lowest BCUT2D eigenvalue weighted by Gasteiger charge is -2.14. The Bertz CT molecular complexity index is 879. The van der Waals surface area contributed by atoms with E-state index in [4.69, 9.17) is 9.47 Å². The average Bonchev–Trinajstić information content (AvgIpc) is 3.66. The zero-order valence-electron chi connectivity index (χ0n) is 22.2. The summed E-state index contributed by atoms with van der Waals surface area (Å²) in [6.45, 7) is 17.3. The van der Waals surface area contributed by atoms with E-state index in [9.17, 15) is 4.79 Å². The molecule has 0 heterocycles. The summed E-state index contributed by atoms with van der Waals surface area (Å²) >= 11 is 0. The smallest absolute Gasteiger partial charge is 0.251 e. The fourth-order valence-corrected chi connectivity index (χ4v) is 3.37. The number of ether oxygens (including phenoxy) is 2. The summed E-state index contributed by atoms with van der Waals surface area (Å²) in [5.41, 5.74) is 4.11. The van der Waals surface area contributed by atoms with E-state index in [1.807, 2.05) is 39.0 Å². The summed E-state index contributed by atoms with van der Waals surface area (Å²) < 4.78 is 11.2. The Morgan fingerprint density at radius 1 is 1.29 bits per heavy atom. The number of aryl methyl sites for hydroxylation is 1. The van der Waals surface area contributed by atoms with E-state index in [-0.39, 0.29) is 11.8 Å². The van der Waals surface area contributed by atoms with Crippen molar-refractivity contribution in [2.75, 3.05) is 20.3 Å². The molecule has 1 fully saturated rings. The average molecular weight is 469 g/mol. The number of hydrogen-bond donors (Lipinski definition) is 1. The number of carbonyl (C=O) groups excluding carboxylic acids is 1. The molecule has 1 N–H and O–H groups in total. The van der Waals surface area contributed by atoms with E-state index >= 15 is 0 Å². The van der Waals surface area contributed by atoms with Crippen LogP contribution < -0.4 is 5.32 Å². The second-order valence-electron chi connectivity index (χ2n) is 8.16. The van der Waals surface area contributed by atoms with Gasteiger partial charge in [-0.1, -0.05) is 58.6 Å². The third-order valence-electron chi connectivity index (χ3n) is 5.44. The zero-order chi connectivity index (χ0) is 25.5. The van der Waals surface area contributed by atoms with Gasteiger partial charge in [0.25, 0.3) is 5.91 Å². The molecule has 0 saturated heterocycles. The molecule has 1 aliphatic carbocycles. The lowest BCUT2D eigenvalue weighted by molar-refractivity contribution is 0.0951. The minimum Gasteiger partial charge on any atom is -0.441 e. The number of hydrogen-bond acceptors (Lipinski definition) is 4. The van der Waals surface area contributed by atoms with Crippen LogP contribution in [0.25, 0.3) is 0 Å². The summed E-state index contributed by atoms with van der Waals surface area (Å²) in [5, 5.41) is 3.07. The van der Waals surface area contributed by atoms with Crippen LogP contribution in [-0.4, -0.2) is 38.1 Å². The van der Waals surface area contributed by atoms with Gasteiger partial charge in [0, 0.05) is 25.3 Å². The molecule has 0 aliphatic heterocycles. The standard InChI is InChI=1S/C27H38N2O3.C2H6/c1-7-10-22(21(5)32-26(28-6)18-31-8-2)12-9-11-19(3)25-17-23(14-13-20(25)4)27(30)29-24-15-16-24;1-2/h9-11,13-14,17,19,24H,5,7-8,12,15-16,18H2,1-4,6H3,(H,29,30);1-2H3/b11-9-,22-10+,28-26?;. The molecule has 1 unspecified atom stereocenters. The molecule has 0 bridgehead atoms. The third-order valence-corrected chi connectivity index (χ3v) is 5.44. The zero-order valence-corrected chi connectivity index (χ0v) is 22.2. The second kappa shape index (κ2) is 16.0. The maximum Gasteiger partial charge on any atom is 0.251 e. The largest absolute Gasteiger partial charge is 0.441 e. The molecule has 188 valence electrons. The van der Waals surface area contributed by atoms with Crippen molar-refractivity contribution in [1.29, 1.82) is 0 Å². The molecule has 1 aromatic rings. The number of amides is 1. The second-order valence-corrected chi connectivity index (χ2v) is 8.16. The summed E-state index contributed by atoms with van der Waals surface area (Å²) in [6.07, 6.45) is 10.2. The van der Waals surface area contributed by atoms with Crippen molar-refractivity contribution in [1.82, 2.24) is 5.32 Å². The molecule has 5 heteroatoms. The van der Waals surface area contributed by atoms with E-state index in [2.05, 4.69) is 55.9 Å². The van der Waals surface area contributed by atoms with Crippen LogP contribution in [0.15, 0.2) is 59.3 Å². The van der Waals surface area contributed by atoms with Crippen LogP contribution in [0.5, 0.6) is 0 Å². The lowest BCUT2D eigenvalue weighted by Crippen LogP contribution is -2.25. The molecule has 1 atom stereocenters. The summed E-state index contributed by atoms with van der Waals surface area (Å²) in [6, 6.07) is 6.31. The van der Waals surface area contributed by atoms with Gasteiger partial charge in [0.1, 0.15) is 12.4 Å². The summed E-state index contributed by atoms with van der Waals surface area (Å²) in [7, 11) is 1.69. The molecule has 0 aromatic heterocycles. The minimum absolute atomic E-state index is 0.0204. The van der Waals surface area contributed by atoms with Gasteiger partial charge in [0.15, 0.2) is 0 Å². The third kappa shape index (κ3) is 10.1. The van der Waals surface area contributed by atoms with Crippen LogP contribution >= 0.6 is 0 Å². The van der Waals surface area contributed by atoms with E-state index in [0.717, 1.165) is 36.0 Å². The molecule has 0 radical (unpaired) electrons.